The van der Waals surface area contributed by atoms with E-state index in [1.54, 1.807) is 31.2 Å². The number of nitrogens with one attached hydrogen (secondary N) is 1. The summed E-state index contributed by atoms with van der Waals surface area (Å²) >= 11 is 3.43. The number of amides is 1. The molecule has 168 valence electrons. The average Bonchev–Trinajstić information content (AvgIpc) is 2.80. The van der Waals surface area contributed by atoms with Gasteiger partial charge in [0, 0.05) is 15.7 Å². The van der Waals surface area contributed by atoms with Gasteiger partial charge < -0.3 is 14.8 Å². The van der Waals surface area contributed by atoms with Gasteiger partial charge in [-0.25, -0.2) is 8.78 Å². The number of carbonyl (C=O) groups is 1. The summed E-state index contributed by atoms with van der Waals surface area (Å²) in [6, 6.07) is 16.6. The van der Waals surface area contributed by atoms with Crippen LogP contribution >= 0.6 is 15.9 Å². The number of ether oxygens (including phenoxy) is 2. The molecule has 0 saturated carbocycles. The number of benzene rings is 3. The second-order valence-corrected chi connectivity index (χ2v) is 7.60. The predicted octanol–water partition coefficient (Wildman–Crippen LogP) is 6.21. The van der Waals surface area contributed by atoms with Crippen LogP contribution in [-0.2, 0) is 4.79 Å². The number of nitriles is 1. The normalized spacial score (nSPS) is 10.9. The summed E-state index contributed by atoms with van der Waals surface area (Å²) < 4.78 is 39.0. The molecule has 3 aromatic carbocycles. The quantitative estimate of drug-likeness (QED) is 0.287. The van der Waals surface area contributed by atoms with E-state index < -0.39 is 17.5 Å². The van der Waals surface area contributed by atoms with Crippen LogP contribution in [0.1, 0.15) is 18.1 Å². The minimum Gasteiger partial charge on any atom is -0.490 e. The van der Waals surface area contributed by atoms with Gasteiger partial charge in [-0.05, 0) is 61.0 Å². The van der Waals surface area contributed by atoms with Gasteiger partial charge in [0.1, 0.15) is 11.6 Å². The zero-order chi connectivity index (χ0) is 23.8. The minimum atomic E-state index is -0.501. The van der Waals surface area contributed by atoms with Crippen LogP contribution in [0.4, 0.5) is 14.5 Å². The van der Waals surface area contributed by atoms with Crippen LogP contribution in [0.25, 0.3) is 11.6 Å². The Balaban J connectivity index is 1.82. The van der Waals surface area contributed by atoms with Crippen LogP contribution in [-0.4, -0.2) is 19.1 Å². The minimum absolute atomic E-state index is 0.142. The Morgan fingerprint density at radius 3 is 2.45 bits per heavy atom. The van der Waals surface area contributed by atoms with Crippen molar-refractivity contribution >= 4 is 39.2 Å². The van der Waals surface area contributed by atoms with Crippen LogP contribution < -0.4 is 14.8 Å². The molecule has 1 amide bonds. The standard InChI is InChI=1S/C25H19BrF2N2O3/c1-2-32-23-12-16(11-17(14-29)20-5-3-4-6-22(20)28)21(26)13-24(23)33-15-25(31)30-19-9-7-18(27)8-10-19/h3-13H,2,15H2,1H3,(H,30,31)/b17-11-. The maximum Gasteiger partial charge on any atom is 0.262 e. The maximum atomic E-state index is 14.1. The lowest BCUT2D eigenvalue weighted by molar-refractivity contribution is -0.118. The molecular formula is C25H19BrF2N2O3. The number of hydrogen-bond acceptors (Lipinski definition) is 4. The van der Waals surface area contributed by atoms with Crippen molar-refractivity contribution in [1.29, 1.82) is 5.26 Å². The van der Waals surface area contributed by atoms with E-state index in [-0.39, 0.29) is 17.7 Å². The molecule has 0 aliphatic heterocycles. The maximum absolute atomic E-state index is 14.1. The highest BCUT2D eigenvalue weighted by Crippen LogP contribution is 2.36. The molecule has 0 aliphatic carbocycles. The molecule has 0 fully saturated rings. The lowest BCUT2D eigenvalue weighted by Gasteiger charge is -2.14. The third-order valence-electron chi connectivity index (χ3n) is 4.43. The van der Waals surface area contributed by atoms with Gasteiger partial charge in [0.2, 0.25) is 0 Å². The van der Waals surface area contributed by atoms with Crippen molar-refractivity contribution in [3.8, 4) is 17.6 Å². The van der Waals surface area contributed by atoms with E-state index in [9.17, 15) is 18.8 Å². The predicted molar refractivity (Wildman–Crippen MR) is 126 cm³/mol. The van der Waals surface area contributed by atoms with E-state index in [2.05, 4.69) is 21.2 Å². The van der Waals surface area contributed by atoms with Gasteiger partial charge in [-0.2, -0.15) is 5.26 Å². The highest BCUT2D eigenvalue weighted by molar-refractivity contribution is 9.10. The zero-order valence-corrected chi connectivity index (χ0v) is 19.2. The summed E-state index contributed by atoms with van der Waals surface area (Å²) in [5, 5.41) is 12.2. The molecule has 0 spiro atoms. The Labute approximate surface area is 198 Å². The smallest absolute Gasteiger partial charge is 0.262 e. The van der Waals surface area contributed by atoms with Crippen LogP contribution in [0.2, 0.25) is 0 Å². The first-order valence-corrected chi connectivity index (χ1v) is 10.7. The highest BCUT2D eigenvalue weighted by Gasteiger charge is 2.14. The number of carbonyl (C=O) groups excluding carboxylic acids is 1. The van der Waals surface area contributed by atoms with E-state index in [0.717, 1.165) is 0 Å². The first kappa shape index (κ1) is 24.0. The second kappa shape index (κ2) is 11.2. The van der Waals surface area contributed by atoms with Crippen LogP contribution in [0, 0.1) is 23.0 Å². The Hall–Kier alpha value is -3.70. The first-order chi connectivity index (χ1) is 15.9. The van der Waals surface area contributed by atoms with Gasteiger partial charge in [0.05, 0.1) is 18.2 Å². The fourth-order valence-corrected chi connectivity index (χ4v) is 3.36. The van der Waals surface area contributed by atoms with Crippen LogP contribution in [0.5, 0.6) is 11.5 Å². The van der Waals surface area contributed by atoms with Crippen molar-refractivity contribution in [1.82, 2.24) is 0 Å². The van der Waals surface area contributed by atoms with Gasteiger partial charge in [0.15, 0.2) is 18.1 Å². The zero-order valence-electron chi connectivity index (χ0n) is 17.6. The molecule has 0 heterocycles. The molecule has 0 unspecified atom stereocenters. The number of allylic oxidation sites excluding steroid dienone is 1. The van der Waals surface area contributed by atoms with E-state index in [1.165, 1.54) is 42.5 Å². The molecule has 0 atom stereocenters. The molecule has 1 N–H and O–H groups in total. The lowest BCUT2D eigenvalue weighted by atomic mass is 10.0. The van der Waals surface area contributed by atoms with Crippen molar-refractivity contribution in [3.63, 3.8) is 0 Å². The van der Waals surface area contributed by atoms with Gasteiger partial charge >= 0.3 is 0 Å². The van der Waals surface area contributed by atoms with Crippen molar-refractivity contribution in [3.05, 3.63) is 87.9 Å². The molecule has 3 rings (SSSR count). The Morgan fingerprint density at radius 1 is 1.09 bits per heavy atom. The summed E-state index contributed by atoms with van der Waals surface area (Å²) in [7, 11) is 0. The summed E-state index contributed by atoms with van der Waals surface area (Å²) in [5.74, 6) is -0.680. The van der Waals surface area contributed by atoms with E-state index >= 15 is 0 Å². The summed E-state index contributed by atoms with van der Waals surface area (Å²) in [4.78, 5) is 12.2. The first-order valence-electron chi connectivity index (χ1n) is 9.92. The molecule has 8 heteroatoms. The van der Waals surface area contributed by atoms with Crippen molar-refractivity contribution < 1.29 is 23.0 Å². The average molecular weight is 513 g/mol. The Kier molecular flexibility index (Phi) is 8.17. The van der Waals surface area contributed by atoms with Crippen LogP contribution in [0.15, 0.2) is 65.1 Å². The number of rotatable bonds is 8. The van der Waals surface area contributed by atoms with Gasteiger partial charge in [0.25, 0.3) is 5.91 Å². The molecule has 33 heavy (non-hydrogen) atoms. The van der Waals surface area contributed by atoms with E-state index in [4.69, 9.17) is 9.47 Å². The third kappa shape index (κ3) is 6.40. The molecule has 0 radical (unpaired) electrons. The molecule has 0 aliphatic rings. The van der Waals surface area contributed by atoms with Crippen molar-refractivity contribution in [2.75, 3.05) is 18.5 Å². The third-order valence-corrected chi connectivity index (χ3v) is 5.12. The molecular weight excluding hydrogens is 494 g/mol. The highest BCUT2D eigenvalue weighted by atomic mass is 79.9. The largest absolute Gasteiger partial charge is 0.490 e. The monoisotopic (exact) mass is 512 g/mol. The molecule has 3 aromatic rings. The second-order valence-electron chi connectivity index (χ2n) is 6.75. The van der Waals surface area contributed by atoms with Crippen molar-refractivity contribution in [2.24, 2.45) is 0 Å². The fraction of sp³-hybridized carbons (Fsp3) is 0.120. The topological polar surface area (TPSA) is 71.3 Å². The fourth-order valence-electron chi connectivity index (χ4n) is 2.92. The van der Waals surface area contributed by atoms with Gasteiger partial charge in [-0.1, -0.05) is 34.1 Å². The van der Waals surface area contributed by atoms with Crippen LogP contribution in [0.3, 0.4) is 0 Å². The summed E-state index contributed by atoms with van der Waals surface area (Å²) in [5.41, 5.74) is 1.33. The lowest BCUT2D eigenvalue weighted by Crippen LogP contribution is -2.20. The van der Waals surface area contributed by atoms with E-state index in [0.29, 0.717) is 33.8 Å². The van der Waals surface area contributed by atoms with E-state index in [1.807, 2.05) is 6.07 Å². The molecule has 0 aromatic heterocycles. The Morgan fingerprint density at radius 2 is 1.79 bits per heavy atom. The van der Waals surface area contributed by atoms with Gasteiger partial charge in [-0.3, -0.25) is 4.79 Å². The Bertz CT molecular complexity index is 1220. The van der Waals surface area contributed by atoms with Gasteiger partial charge in [-0.15, -0.1) is 0 Å². The molecule has 5 nitrogen and oxygen atoms in total. The van der Waals surface area contributed by atoms with Crippen molar-refractivity contribution in [2.45, 2.75) is 6.92 Å². The number of halogens is 3. The summed E-state index contributed by atoms with van der Waals surface area (Å²) in [6.07, 6.45) is 1.54. The SMILES string of the molecule is CCOc1cc(/C=C(/C#N)c2ccccc2F)c(Br)cc1OCC(=O)Nc1ccc(F)cc1. The number of nitrogens with zero attached hydrogens (tertiary/aromatic N) is 1. The number of anilines is 1. The molecule has 0 bridgehead atoms. The molecule has 0 saturated heterocycles. The summed E-state index contributed by atoms with van der Waals surface area (Å²) in [6.45, 7) is 1.82. The number of hydrogen-bond donors (Lipinski definition) is 1.